The van der Waals surface area contributed by atoms with E-state index >= 15 is 0 Å². The summed E-state index contributed by atoms with van der Waals surface area (Å²) in [6.07, 6.45) is 1.02. The SMILES string of the molecule is CO[C@@H]1C[C@@H](CO)N(C(=O)CCCCCNC(=O)CCCCCOC2OC(CO)C(O)C(O)C2NC(C)=O)C1. The van der Waals surface area contributed by atoms with Gasteiger partial charge in [0.1, 0.15) is 24.4 Å². The van der Waals surface area contributed by atoms with Crippen LogP contribution in [0, 0.1) is 0 Å². The Balaban J connectivity index is 1.52. The van der Waals surface area contributed by atoms with Crippen molar-refractivity contribution in [2.24, 2.45) is 0 Å². The molecule has 0 saturated carbocycles. The van der Waals surface area contributed by atoms with Crippen LogP contribution in [0.4, 0.5) is 0 Å². The second kappa shape index (κ2) is 17.7. The van der Waals surface area contributed by atoms with E-state index in [-0.39, 0.29) is 37.2 Å². The Morgan fingerprint density at radius 1 is 0.974 bits per heavy atom. The Labute approximate surface area is 230 Å². The van der Waals surface area contributed by atoms with Crippen LogP contribution in [-0.2, 0) is 28.6 Å². The molecule has 13 heteroatoms. The van der Waals surface area contributed by atoms with Gasteiger partial charge in [0.25, 0.3) is 0 Å². The molecule has 3 amide bonds. The minimum Gasteiger partial charge on any atom is -0.394 e. The predicted molar refractivity (Wildman–Crippen MR) is 139 cm³/mol. The van der Waals surface area contributed by atoms with Crippen molar-refractivity contribution in [1.82, 2.24) is 15.5 Å². The molecule has 2 saturated heterocycles. The first-order valence-corrected chi connectivity index (χ1v) is 13.9. The van der Waals surface area contributed by atoms with E-state index in [1.54, 1.807) is 12.0 Å². The molecule has 5 unspecified atom stereocenters. The van der Waals surface area contributed by atoms with Crippen LogP contribution in [0.1, 0.15) is 64.7 Å². The smallest absolute Gasteiger partial charge is 0.222 e. The van der Waals surface area contributed by atoms with Crippen LogP contribution in [0.25, 0.3) is 0 Å². The topological polar surface area (TPSA) is 187 Å². The van der Waals surface area contributed by atoms with E-state index in [9.17, 15) is 34.8 Å². The normalized spacial score (nSPS) is 28.9. The van der Waals surface area contributed by atoms with Crippen molar-refractivity contribution >= 4 is 17.7 Å². The summed E-state index contributed by atoms with van der Waals surface area (Å²) in [5.41, 5.74) is 0. The minimum absolute atomic E-state index is 0.0224. The molecular formula is C26H47N3O10. The van der Waals surface area contributed by atoms with Crippen molar-refractivity contribution in [3.8, 4) is 0 Å². The second-order valence-electron chi connectivity index (χ2n) is 10.3. The minimum atomic E-state index is -1.36. The fourth-order valence-corrected chi connectivity index (χ4v) is 4.94. The quantitative estimate of drug-likeness (QED) is 0.118. The highest BCUT2D eigenvalue weighted by atomic mass is 16.7. The van der Waals surface area contributed by atoms with E-state index in [2.05, 4.69) is 10.6 Å². The lowest BCUT2D eigenvalue weighted by Crippen LogP contribution is -2.64. The number of rotatable bonds is 17. The molecule has 0 aliphatic carbocycles. The Hall–Kier alpha value is -1.87. The third kappa shape index (κ3) is 10.9. The summed E-state index contributed by atoms with van der Waals surface area (Å²) < 4.78 is 16.5. The van der Waals surface area contributed by atoms with E-state index in [0.717, 1.165) is 25.7 Å². The summed E-state index contributed by atoms with van der Waals surface area (Å²) in [6.45, 7) is 2.04. The van der Waals surface area contributed by atoms with Gasteiger partial charge in [-0.25, -0.2) is 0 Å². The average molecular weight is 562 g/mol. The van der Waals surface area contributed by atoms with Gasteiger partial charge in [0.05, 0.1) is 25.4 Å². The molecule has 2 fully saturated rings. The van der Waals surface area contributed by atoms with Gasteiger partial charge in [-0.2, -0.15) is 0 Å². The zero-order chi connectivity index (χ0) is 28.8. The number of carbonyl (C=O) groups is 3. The van der Waals surface area contributed by atoms with Gasteiger partial charge in [-0.3, -0.25) is 14.4 Å². The lowest BCUT2D eigenvalue weighted by molar-refractivity contribution is -0.270. The van der Waals surface area contributed by atoms with Crippen molar-refractivity contribution in [2.75, 3.05) is 40.0 Å². The Morgan fingerprint density at radius 2 is 1.69 bits per heavy atom. The van der Waals surface area contributed by atoms with Crippen molar-refractivity contribution in [3.63, 3.8) is 0 Å². The van der Waals surface area contributed by atoms with E-state index < -0.39 is 43.2 Å². The molecule has 7 atom stereocenters. The molecule has 0 aromatic carbocycles. The number of hydrogen-bond donors (Lipinski definition) is 6. The van der Waals surface area contributed by atoms with Crippen molar-refractivity contribution in [2.45, 2.75) is 108 Å². The van der Waals surface area contributed by atoms with Crippen molar-refractivity contribution < 1.29 is 49.0 Å². The first-order valence-electron chi connectivity index (χ1n) is 13.9. The molecule has 2 heterocycles. The molecule has 0 aromatic rings. The first kappa shape index (κ1) is 33.3. The maximum absolute atomic E-state index is 12.4. The fraction of sp³-hybridized carbons (Fsp3) is 0.885. The number of aliphatic hydroxyl groups is 4. The summed E-state index contributed by atoms with van der Waals surface area (Å²) in [5.74, 6) is -0.418. The molecule has 0 aromatic heterocycles. The van der Waals surface area contributed by atoms with Crippen LogP contribution in [0.2, 0.25) is 0 Å². The summed E-state index contributed by atoms with van der Waals surface area (Å²) in [4.78, 5) is 37.7. The number of unbranched alkanes of at least 4 members (excludes halogenated alkanes) is 4. The van der Waals surface area contributed by atoms with Crippen LogP contribution >= 0.6 is 0 Å². The van der Waals surface area contributed by atoms with E-state index in [1.165, 1.54) is 6.92 Å². The highest BCUT2D eigenvalue weighted by molar-refractivity contribution is 5.77. The number of nitrogens with zero attached hydrogens (tertiary/aromatic N) is 1. The summed E-state index contributed by atoms with van der Waals surface area (Å²) in [5, 5.41) is 44.5. The maximum Gasteiger partial charge on any atom is 0.222 e. The molecule has 2 aliphatic heterocycles. The summed E-state index contributed by atoms with van der Waals surface area (Å²) in [7, 11) is 1.61. The molecule has 0 spiro atoms. The fourth-order valence-electron chi connectivity index (χ4n) is 4.94. The first-order chi connectivity index (χ1) is 18.7. The van der Waals surface area contributed by atoms with E-state index in [4.69, 9.17) is 14.2 Å². The molecule has 2 rings (SSSR count). The second-order valence-corrected chi connectivity index (χ2v) is 10.3. The lowest BCUT2D eigenvalue weighted by atomic mass is 9.97. The van der Waals surface area contributed by atoms with Gasteiger partial charge < -0.3 is 50.2 Å². The standard InChI is InChI=1S/C26H47N3O10/c1-17(32)28-23-25(36)24(35)20(16-31)39-26(23)38-12-8-4-5-9-21(33)27-11-7-3-6-10-22(34)29-14-19(37-2)13-18(29)15-30/h18-20,23-26,30-31,35-36H,3-16H2,1-2H3,(H,27,33)(H,28,32)/t18-,19+,20?,23?,24?,25?,26?/m0/s1. The zero-order valence-electron chi connectivity index (χ0n) is 23.1. The van der Waals surface area contributed by atoms with Gasteiger partial charge >= 0.3 is 0 Å². The summed E-state index contributed by atoms with van der Waals surface area (Å²) in [6, 6.07) is -1.14. The van der Waals surface area contributed by atoms with Gasteiger partial charge in [0, 0.05) is 46.6 Å². The third-order valence-corrected chi connectivity index (χ3v) is 7.21. The average Bonchev–Trinajstić information content (AvgIpc) is 3.35. The van der Waals surface area contributed by atoms with Gasteiger partial charge in [-0.05, 0) is 32.1 Å². The number of nitrogens with one attached hydrogen (secondary N) is 2. The van der Waals surface area contributed by atoms with Gasteiger partial charge in [0.15, 0.2) is 6.29 Å². The van der Waals surface area contributed by atoms with E-state index in [0.29, 0.717) is 45.2 Å². The predicted octanol–water partition coefficient (Wildman–Crippen LogP) is -1.21. The molecule has 2 aliphatic rings. The molecule has 13 nitrogen and oxygen atoms in total. The van der Waals surface area contributed by atoms with Crippen LogP contribution in [0.5, 0.6) is 0 Å². The molecule has 0 bridgehead atoms. The number of aliphatic hydroxyl groups excluding tert-OH is 4. The molecule has 226 valence electrons. The summed E-state index contributed by atoms with van der Waals surface area (Å²) >= 11 is 0. The zero-order valence-corrected chi connectivity index (χ0v) is 23.1. The lowest BCUT2D eigenvalue weighted by Gasteiger charge is -2.42. The highest BCUT2D eigenvalue weighted by Crippen LogP contribution is 2.23. The third-order valence-electron chi connectivity index (χ3n) is 7.21. The number of hydrogen-bond acceptors (Lipinski definition) is 10. The Kier molecular flexibility index (Phi) is 15.2. The number of amides is 3. The highest BCUT2D eigenvalue weighted by Gasteiger charge is 2.45. The maximum atomic E-state index is 12.4. The number of ether oxygens (including phenoxy) is 3. The van der Waals surface area contributed by atoms with Crippen LogP contribution in [-0.4, -0.2) is 126 Å². The Bertz CT molecular complexity index is 757. The van der Waals surface area contributed by atoms with Crippen molar-refractivity contribution in [1.29, 1.82) is 0 Å². The molecule has 39 heavy (non-hydrogen) atoms. The van der Waals surface area contributed by atoms with E-state index in [1.807, 2.05) is 0 Å². The van der Waals surface area contributed by atoms with Crippen LogP contribution in [0.15, 0.2) is 0 Å². The molecule has 0 radical (unpaired) electrons. The van der Waals surface area contributed by atoms with Crippen LogP contribution in [0.3, 0.4) is 0 Å². The monoisotopic (exact) mass is 561 g/mol. The molecule has 6 N–H and O–H groups in total. The Morgan fingerprint density at radius 3 is 2.36 bits per heavy atom. The van der Waals surface area contributed by atoms with Gasteiger partial charge in [-0.15, -0.1) is 0 Å². The number of likely N-dealkylation sites (tertiary alicyclic amines) is 1. The van der Waals surface area contributed by atoms with Gasteiger partial charge in [-0.1, -0.05) is 12.8 Å². The molecular weight excluding hydrogens is 514 g/mol. The largest absolute Gasteiger partial charge is 0.394 e. The number of carbonyl (C=O) groups excluding carboxylic acids is 3. The number of methoxy groups -OCH3 is 1. The van der Waals surface area contributed by atoms with Gasteiger partial charge in [0.2, 0.25) is 17.7 Å². The van der Waals surface area contributed by atoms with Crippen LogP contribution < -0.4 is 10.6 Å². The van der Waals surface area contributed by atoms with Crippen molar-refractivity contribution in [3.05, 3.63) is 0 Å².